The highest BCUT2D eigenvalue weighted by molar-refractivity contribution is 5.76. The molecule has 2 unspecified atom stereocenters. The first kappa shape index (κ1) is 16.2. The summed E-state index contributed by atoms with van der Waals surface area (Å²) in [5.41, 5.74) is 0. The SMILES string of the molecule is CCN(CC)CCNC(C(=O)OC)C1CC=CCC1. The van der Waals surface area contributed by atoms with Crippen molar-refractivity contribution in [3.8, 4) is 0 Å². The molecular weight excluding hydrogens is 240 g/mol. The number of hydrogen-bond acceptors (Lipinski definition) is 4. The number of allylic oxidation sites excluding steroid dienone is 2. The lowest BCUT2D eigenvalue weighted by Crippen LogP contribution is -2.46. The van der Waals surface area contributed by atoms with E-state index in [9.17, 15) is 4.79 Å². The molecule has 0 aliphatic heterocycles. The first-order valence-electron chi connectivity index (χ1n) is 7.41. The minimum absolute atomic E-state index is 0.125. The van der Waals surface area contributed by atoms with Crippen molar-refractivity contribution in [1.29, 1.82) is 0 Å². The summed E-state index contributed by atoms with van der Waals surface area (Å²) in [7, 11) is 1.47. The number of likely N-dealkylation sites (N-methyl/N-ethyl adjacent to an activating group) is 1. The fraction of sp³-hybridized carbons (Fsp3) is 0.800. The van der Waals surface area contributed by atoms with E-state index in [4.69, 9.17) is 4.74 Å². The largest absolute Gasteiger partial charge is 0.468 e. The van der Waals surface area contributed by atoms with Crippen LogP contribution < -0.4 is 5.32 Å². The van der Waals surface area contributed by atoms with Gasteiger partial charge in [-0.3, -0.25) is 4.79 Å². The van der Waals surface area contributed by atoms with E-state index in [-0.39, 0.29) is 12.0 Å². The molecular formula is C15H28N2O2. The van der Waals surface area contributed by atoms with E-state index in [0.717, 1.165) is 45.4 Å². The van der Waals surface area contributed by atoms with Gasteiger partial charge in [0.05, 0.1) is 7.11 Å². The van der Waals surface area contributed by atoms with E-state index in [1.165, 1.54) is 7.11 Å². The minimum Gasteiger partial charge on any atom is -0.468 e. The predicted molar refractivity (Wildman–Crippen MR) is 78.1 cm³/mol. The monoisotopic (exact) mass is 268 g/mol. The van der Waals surface area contributed by atoms with E-state index >= 15 is 0 Å². The van der Waals surface area contributed by atoms with Gasteiger partial charge in [-0.15, -0.1) is 0 Å². The Hall–Kier alpha value is -0.870. The van der Waals surface area contributed by atoms with Crippen molar-refractivity contribution in [3.05, 3.63) is 12.2 Å². The van der Waals surface area contributed by atoms with Gasteiger partial charge in [0, 0.05) is 13.1 Å². The fourth-order valence-electron chi connectivity index (χ4n) is 2.61. The number of methoxy groups -OCH3 is 1. The van der Waals surface area contributed by atoms with E-state index in [1.807, 2.05) is 0 Å². The molecule has 0 fully saturated rings. The standard InChI is InChI=1S/C15H28N2O2/c1-4-17(5-2)12-11-16-14(15(18)19-3)13-9-7-6-8-10-13/h6-7,13-14,16H,4-5,8-12H2,1-3H3. The number of carbonyl (C=O) groups excluding carboxylic acids is 1. The smallest absolute Gasteiger partial charge is 0.323 e. The van der Waals surface area contributed by atoms with Crippen LogP contribution in [-0.4, -0.2) is 50.2 Å². The topological polar surface area (TPSA) is 41.6 Å². The summed E-state index contributed by atoms with van der Waals surface area (Å²) in [5.74, 6) is 0.244. The van der Waals surface area contributed by atoms with Crippen LogP contribution in [0.15, 0.2) is 12.2 Å². The molecule has 0 saturated heterocycles. The van der Waals surface area contributed by atoms with Gasteiger partial charge in [-0.2, -0.15) is 0 Å². The third kappa shape index (κ3) is 5.33. The third-order valence-electron chi connectivity index (χ3n) is 3.92. The van der Waals surface area contributed by atoms with Gasteiger partial charge < -0.3 is 15.0 Å². The molecule has 0 bridgehead atoms. The first-order valence-corrected chi connectivity index (χ1v) is 7.41. The zero-order valence-corrected chi connectivity index (χ0v) is 12.5. The molecule has 1 N–H and O–H groups in total. The maximum atomic E-state index is 11.9. The molecule has 0 aromatic rings. The molecule has 4 nitrogen and oxygen atoms in total. The second kappa shape index (κ2) is 9.10. The molecule has 1 aliphatic carbocycles. The molecule has 1 rings (SSSR count). The fourth-order valence-corrected chi connectivity index (χ4v) is 2.61. The van der Waals surface area contributed by atoms with Crippen LogP contribution in [-0.2, 0) is 9.53 Å². The van der Waals surface area contributed by atoms with E-state index in [1.54, 1.807) is 0 Å². The van der Waals surface area contributed by atoms with Gasteiger partial charge in [0.2, 0.25) is 0 Å². The molecule has 110 valence electrons. The number of carbonyl (C=O) groups is 1. The van der Waals surface area contributed by atoms with Gasteiger partial charge in [-0.1, -0.05) is 26.0 Å². The molecule has 19 heavy (non-hydrogen) atoms. The molecule has 2 atom stereocenters. The van der Waals surface area contributed by atoms with Crippen LogP contribution >= 0.6 is 0 Å². The van der Waals surface area contributed by atoms with Crippen LogP contribution in [0, 0.1) is 5.92 Å². The van der Waals surface area contributed by atoms with Crippen molar-refractivity contribution in [1.82, 2.24) is 10.2 Å². The highest BCUT2D eigenvalue weighted by Crippen LogP contribution is 2.22. The molecule has 0 saturated carbocycles. The molecule has 0 amide bonds. The van der Waals surface area contributed by atoms with Crippen molar-refractivity contribution < 1.29 is 9.53 Å². The molecule has 0 aromatic carbocycles. The van der Waals surface area contributed by atoms with Crippen LogP contribution in [0.4, 0.5) is 0 Å². The summed E-state index contributed by atoms with van der Waals surface area (Å²) in [6, 6.07) is -0.162. The maximum absolute atomic E-state index is 11.9. The van der Waals surface area contributed by atoms with Gasteiger partial charge in [-0.25, -0.2) is 0 Å². The summed E-state index contributed by atoms with van der Waals surface area (Å²) in [6.45, 7) is 8.23. The Labute approximate surface area is 117 Å². The van der Waals surface area contributed by atoms with Gasteiger partial charge in [0.15, 0.2) is 0 Å². The van der Waals surface area contributed by atoms with Crippen molar-refractivity contribution >= 4 is 5.97 Å². The zero-order valence-electron chi connectivity index (χ0n) is 12.5. The van der Waals surface area contributed by atoms with Crippen LogP contribution in [0.3, 0.4) is 0 Å². The maximum Gasteiger partial charge on any atom is 0.323 e. The van der Waals surface area contributed by atoms with Crippen LogP contribution in [0.25, 0.3) is 0 Å². The average molecular weight is 268 g/mol. The summed E-state index contributed by atoms with van der Waals surface area (Å²) in [5, 5.41) is 3.39. The highest BCUT2D eigenvalue weighted by atomic mass is 16.5. The number of esters is 1. The lowest BCUT2D eigenvalue weighted by Gasteiger charge is -2.28. The lowest BCUT2D eigenvalue weighted by molar-refractivity contribution is -0.144. The van der Waals surface area contributed by atoms with Crippen LogP contribution in [0.5, 0.6) is 0 Å². The Bertz CT molecular complexity index is 288. The lowest BCUT2D eigenvalue weighted by atomic mass is 9.87. The van der Waals surface area contributed by atoms with Crippen molar-refractivity contribution in [2.45, 2.75) is 39.2 Å². The minimum atomic E-state index is -0.162. The van der Waals surface area contributed by atoms with E-state index in [2.05, 4.69) is 36.2 Å². The van der Waals surface area contributed by atoms with E-state index in [0.29, 0.717) is 5.92 Å². The normalized spacial score (nSPS) is 20.5. The van der Waals surface area contributed by atoms with Crippen molar-refractivity contribution in [3.63, 3.8) is 0 Å². The molecule has 0 heterocycles. The van der Waals surface area contributed by atoms with Gasteiger partial charge in [-0.05, 0) is 38.3 Å². The van der Waals surface area contributed by atoms with Gasteiger partial charge in [0.25, 0.3) is 0 Å². The third-order valence-corrected chi connectivity index (χ3v) is 3.92. The number of rotatable bonds is 8. The number of hydrogen-bond donors (Lipinski definition) is 1. The van der Waals surface area contributed by atoms with E-state index < -0.39 is 0 Å². The molecule has 1 aliphatic rings. The van der Waals surface area contributed by atoms with Crippen molar-refractivity contribution in [2.75, 3.05) is 33.3 Å². The van der Waals surface area contributed by atoms with Crippen LogP contribution in [0.1, 0.15) is 33.1 Å². The average Bonchev–Trinajstić information content (AvgIpc) is 2.48. The Morgan fingerprint density at radius 2 is 2.16 bits per heavy atom. The van der Waals surface area contributed by atoms with Gasteiger partial charge in [0.1, 0.15) is 6.04 Å². The first-order chi connectivity index (χ1) is 9.22. The number of nitrogens with zero attached hydrogens (tertiary/aromatic N) is 1. The molecule has 4 heteroatoms. The summed E-state index contributed by atoms with van der Waals surface area (Å²) in [4.78, 5) is 14.3. The van der Waals surface area contributed by atoms with Crippen LogP contribution in [0.2, 0.25) is 0 Å². The van der Waals surface area contributed by atoms with Gasteiger partial charge >= 0.3 is 5.97 Å². The summed E-state index contributed by atoms with van der Waals surface area (Å²) < 4.78 is 4.94. The Kier molecular flexibility index (Phi) is 7.75. The molecule has 0 radical (unpaired) electrons. The quantitative estimate of drug-likeness (QED) is 0.538. The number of nitrogens with one attached hydrogen (secondary N) is 1. The Morgan fingerprint density at radius 1 is 1.42 bits per heavy atom. The summed E-state index contributed by atoms with van der Waals surface area (Å²) >= 11 is 0. The predicted octanol–water partition coefficient (Wildman–Crippen LogP) is 1.82. The Balaban J connectivity index is 2.45. The zero-order chi connectivity index (χ0) is 14.1. The molecule has 0 spiro atoms. The Morgan fingerprint density at radius 3 is 2.68 bits per heavy atom. The highest BCUT2D eigenvalue weighted by Gasteiger charge is 2.28. The number of ether oxygens (including phenoxy) is 1. The van der Waals surface area contributed by atoms with Crippen molar-refractivity contribution in [2.24, 2.45) is 5.92 Å². The second-order valence-electron chi connectivity index (χ2n) is 5.03. The molecule has 0 aromatic heterocycles. The second-order valence-corrected chi connectivity index (χ2v) is 5.03. The summed E-state index contributed by atoms with van der Waals surface area (Å²) in [6.07, 6.45) is 7.47.